The first-order chi connectivity index (χ1) is 8.54. The summed E-state index contributed by atoms with van der Waals surface area (Å²) in [7, 11) is 0. The topological polar surface area (TPSA) is 75.1 Å². The monoisotopic (exact) mass is 264 g/mol. The van der Waals surface area contributed by atoms with E-state index in [0.717, 1.165) is 9.46 Å². The molecule has 1 aromatic heterocycles. The number of hydrogen-bond acceptors (Lipinski definition) is 4. The molecule has 0 aliphatic heterocycles. The summed E-state index contributed by atoms with van der Waals surface area (Å²) in [6.45, 7) is 1.46. The molecule has 2 N–H and O–H groups in total. The van der Waals surface area contributed by atoms with Gasteiger partial charge in [0.15, 0.2) is 0 Å². The van der Waals surface area contributed by atoms with E-state index in [9.17, 15) is 14.7 Å². The third kappa shape index (κ3) is 2.06. The Kier molecular flexibility index (Phi) is 3.29. The average Bonchev–Trinajstić information content (AvgIpc) is 2.37. The highest BCUT2D eigenvalue weighted by Gasteiger charge is 2.11. The molecule has 0 saturated carbocycles. The maximum absolute atomic E-state index is 11.7. The van der Waals surface area contributed by atoms with Crippen molar-refractivity contribution in [3.8, 4) is 11.6 Å². The van der Waals surface area contributed by atoms with Crippen molar-refractivity contribution in [1.29, 1.82) is 0 Å². The summed E-state index contributed by atoms with van der Waals surface area (Å²) in [5.41, 5.74) is -0.604. The van der Waals surface area contributed by atoms with Crippen LogP contribution in [-0.2, 0) is 0 Å². The maximum Gasteiger partial charge on any atom is 0.335 e. The van der Waals surface area contributed by atoms with Crippen molar-refractivity contribution in [3.05, 3.63) is 50.7 Å². The first-order valence-electron chi connectivity index (χ1n) is 5.24. The smallest absolute Gasteiger partial charge is 0.335 e. The molecule has 5 nitrogen and oxygen atoms in total. The number of aromatic amines is 1. The second-order valence-corrected chi connectivity index (χ2v) is 4.62. The predicted octanol–water partition coefficient (Wildman–Crippen LogP) is 1.26. The first-order valence-corrected chi connectivity index (χ1v) is 6.46. The molecule has 1 heterocycles. The van der Waals surface area contributed by atoms with Crippen LogP contribution in [0.5, 0.6) is 5.88 Å². The van der Waals surface area contributed by atoms with Gasteiger partial charge in [0.2, 0.25) is 5.88 Å². The van der Waals surface area contributed by atoms with Gasteiger partial charge in [0.05, 0.1) is 11.3 Å². The van der Waals surface area contributed by atoms with Gasteiger partial charge in [-0.1, -0.05) is 0 Å². The summed E-state index contributed by atoms with van der Waals surface area (Å²) < 4.78 is 1.07. The summed E-state index contributed by atoms with van der Waals surface area (Å²) in [6, 6.07) is 7.11. The number of nitrogens with one attached hydrogen (secondary N) is 1. The minimum atomic E-state index is -0.653. The standard InChI is InChI=1S/C12H12N2O3S/c1-7-10(15)13-12(17)14(11(7)16)8-3-5-9(18-2)6-4-8/h3-6,16H,1-2H3,(H,13,15,17). The van der Waals surface area contributed by atoms with Gasteiger partial charge in [0, 0.05) is 4.90 Å². The highest BCUT2D eigenvalue weighted by molar-refractivity contribution is 7.98. The summed E-state index contributed by atoms with van der Waals surface area (Å²) in [4.78, 5) is 26.2. The summed E-state index contributed by atoms with van der Waals surface area (Å²) in [5.74, 6) is -0.333. The van der Waals surface area contributed by atoms with Gasteiger partial charge in [0.1, 0.15) is 0 Å². The fourth-order valence-corrected chi connectivity index (χ4v) is 1.99. The number of thioether (sulfide) groups is 1. The van der Waals surface area contributed by atoms with Crippen LogP contribution in [0.3, 0.4) is 0 Å². The Labute approximate surface area is 107 Å². The maximum atomic E-state index is 11.7. The zero-order valence-corrected chi connectivity index (χ0v) is 10.7. The zero-order valence-electron chi connectivity index (χ0n) is 9.93. The van der Waals surface area contributed by atoms with E-state index >= 15 is 0 Å². The second kappa shape index (κ2) is 4.73. The van der Waals surface area contributed by atoms with Crippen LogP contribution in [0.2, 0.25) is 0 Å². The molecule has 0 unspecified atom stereocenters. The summed E-state index contributed by atoms with van der Waals surface area (Å²) in [5, 5.41) is 9.88. The number of nitrogens with zero attached hydrogens (tertiary/aromatic N) is 1. The van der Waals surface area contributed by atoms with Crippen LogP contribution in [0.15, 0.2) is 38.8 Å². The normalized spacial score (nSPS) is 10.6. The fraction of sp³-hybridized carbons (Fsp3) is 0.167. The third-order valence-electron chi connectivity index (χ3n) is 2.64. The molecule has 0 amide bonds. The average molecular weight is 264 g/mol. The fourth-order valence-electron chi connectivity index (χ4n) is 1.58. The van der Waals surface area contributed by atoms with Crippen molar-refractivity contribution in [2.24, 2.45) is 0 Å². The molecule has 18 heavy (non-hydrogen) atoms. The van der Waals surface area contributed by atoms with E-state index in [-0.39, 0.29) is 11.4 Å². The van der Waals surface area contributed by atoms with Crippen molar-refractivity contribution < 1.29 is 5.11 Å². The van der Waals surface area contributed by atoms with Crippen molar-refractivity contribution in [1.82, 2.24) is 9.55 Å². The highest BCUT2D eigenvalue weighted by Crippen LogP contribution is 2.19. The van der Waals surface area contributed by atoms with Gasteiger partial charge < -0.3 is 5.11 Å². The molecule has 2 rings (SSSR count). The third-order valence-corrected chi connectivity index (χ3v) is 3.39. The molecule has 0 aliphatic rings. The van der Waals surface area contributed by atoms with E-state index in [2.05, 4.69) is 4.98 Å². The van der Waals surface area contributed by atoms with Crippen molar-refractivity contribution in [2.75, 3.05) is 6.26 Å². The summed E-state index contributed by atoms with van der Waals surface area (Å²) in [6.07, 6.45) is 1.95. The van der Waals surface area contributed by atoms with Gasteiger partial charge in [-0.3, -0.25) is 9.78 Å². The molecule has 2 aromatic rings. The van der Waals surface area contributed by atoms with Crippen LogP contribution >= 0.6 is 11.8 Å². The lowest BCUT2D eigenvalue weighted by Crippen LogP contribution is -2.30. The Morgan fingerprint density at radius 2 is 1.83 bits per heavy atom. The second-order valence-electron chi connectivity index (χ2n) is 3.74. The molecule has 0 bridgehead atoms. The molecule has 0 fully saturated rings. The number of aromatic nitrogens is 2. The molecule has 0 spiro atoms. The lowest BCUT2D eigenvalue weighted by molar-refractivity contribution is 0.426. The molecule has 0 saturated heterocycles. The number of benzene rings is 1. The van der Waals surface area contributed by atoms with E-state index in [4.69, 9.17) is 0 Å². The zero-order chi connectivity index (χ0) is 13.3. The van der Waals surface area contributed by atoms with Gasteiger partial charge in [-0.15, -0.1) is 11.8 Å². The number of hydrogen-bond donors (Lipinski definition) is 2. The van der Waals surface area contributed by atoms with Crippen LogP contribution in [0.25, 0.3) is 5.69 Å². The minimum Gasteiger partial charge on any atom is -0.494 e. The van der Waals surface area contributed by atoms with Crippen LogP contribution in [0.4, 0.5) is 0 Å². The molecule has 6 heteroatoms. The SMILES string of the molecule is CSc1ccc(-n2c(O)c(C)c(=O)[nH]c2=O)cc1. The molecular weight excluding hydrogens is 252 g/mol. The van der Waals surface area contributed by atoms with Gasteiger partial charge in [-0.25, -0.2) is 9.36 Å². The predicted molar refractivity (Wildman–Crippen MR) is 70.8 cm³/mol. The highest BCUT2D eigenvalue weighted by atomic mass is 32.2. The van der Waals surface area contributed by atoms with Crippen molar-refractivity contribution in [3.63, 3.8) is 0 Å². The first kappa shape index (κ1) is 12.5. The Hall–Kier alpha value is -1.95. The Bertz CT molecular complexity index is 686. The van der Waals surface area contributed by atoms with Gasteiger partial charge in [0.25, 0.3) is 5.56 Å². The molecule has 94 valence electrons. The Morgan fingerprint density at radius 1 is 1.22 bits per heavy atom. The van der Waals surface area contributed by atoms with Crippen LogP contribution in [0, 0.1) is 6.92 Å². The van der Waals surface area contributed by atoms with Crippen molar-refractivity contribution >= 4 is 11.8 Å². The Morgan fingerprint density at radius 3 is 2.39 bits per heavy atom. The number of aromatic hydroxyl groups is 1. The van der Waals surface area contributed by atoms with E-state index in [0.29, 0.717) is 5.69 Å². The van der Waals surface area contributed by atoms with E-state index < -0.39 is 11.2 Å². The summed E-state index contributed by atoms with van der Waals surface area (Å²) >= 11 is 1.58. The van der Waals surface area contributed by atoms with Crippen LogP contribution < -0.4 is 11.2 Å². The number of rotatable bonds is 2. The quantitative estimate of drug-likeness (QED) is 0.801. The Balaban J connectivity index is 2.67. The minimum absolute atomic E-state index is 0.114. The lowest BCUT2D eigenvalue weighted by Gasteiger charge is -2.09. The largest absolute Gasteiger partial charge is 0.494 e. The molecule has 0 atom stereocenters. The van der Waals surface area contributed by atoms with Crippen molar-refractivity contribution in [2.45, 2.75) is 11.8 Å². The molecule has 0 radical (unpaired) electrons. The van der Waals surface area contributed by atoms with Crippen LogP contribution in [0.1, 0.15) is 5.56 Å². The van der Waals surface area contributed by atoms with E-state index in [1.165, 1.54) is 6.92 Å². The molecule has 0 aliphatic carbocycles. The number of H-pyrrole nitrogens is 1. The van der Waals surface area contributed by atoms with Gasteiger partial charge in [-0.05, 0) is 37.4 Å². The molecule has 1 aromatic carbocycles. The van der Waals surface area contributed by atoms with Gasteiger partial charge >= 0.3 is 5.69 Å². The molecular formula is C12H12N2O3S. The van der Waals surface area contributed by atoms with E-state index in [1.54, 1.807) is 23.9 Å². The van der Waals surface area contributed by atoms with E-state index in [1.807, 2.05) is 18.4 Å². The van der Waals surface area contributed by atoms with Gasteiger partial charge in [-0.2, -0.15) is 0 Å². The van der Waals surface area contributed by atoms with Crippen LogP contribution in [-0.4, -0.2) is 20.9 Å². The lowest BCUT2D eigenvalue weighted by atomic mass is 10.3.